The van der Waals surface area contributed by atoms with Crippen molar-refractivity contribution in [1.29, 1.82) is 0 Å². The lowest BCUT2D eigenvalue weighted by Crippen LogP contribution is -2.17. The number of aliphatic imine (C=N–C) groups is 1. The summed E-state index contributed by atoms with van der Waals surface area (Å²) in [5.74, 6) is 0.396. The molecule has 1 aromatic carbocycles. The molecule has 1 aliphatic rings. The van der Waals surface area contributed by atoms with Crippen molar-refractivity contribution >= 4 is 24.2 Å². The molecule has 1 fully saturated rings. The maximum absolute atomic E-state index is 11.8. The molecule has 0 unspecified atom stereocenters. The van der Waals surface area contributed by atoms with E-state index in [2.05, 4.69) is 4.99 Å². The van der Waals surface area contributed by atoms with E-state index in [1.807, 2.05) is 0 Å². The van der Waals surface area contributed by atoms with Crippen molar-refractivity contribution in [3.8, 4) is 5.75 Å². The van der Waals surface area contributed by atoms with E-state index in [-0.39, 0.29) is 6.04 Å². The number of carbonyl (C=O) groups excluding carboxylic acids is 2. The van der Waals surface area contributed by atoms with Gasteiger partial charge in [0.15, 0.2) is 0 Å². The maximum Gasteiger partial charge on any atom is 0.341 e. The third-order valence-electron chi connectivity index (χ3n) is 4.48. The van der Waals surface area contributed by atoms with Crippen LogP contribution in [0.25, 0.3) is 0 Å². The topological polar surface area (TPSA) is 91.0 Å². The highest BCUT2D eigenvalue weighted by molar-refractivity contribution is 5.97. The van der Waals surface area contributed by atoms with Crippen molar-refractivity contribution in [2.24, 2.45) is 10.9 Å². The Morgan fingerprint density at radius 2 is 2.00 bits per heavy atom. The quantitative estimate of drug-likeness (QED) is 0.374. The third kappa shape index (κ3) is 4.34. The van der Waals surface area contributed by atoms with Crippen molar-refractivity contribution in [3.63, 3.8) is 0 Å². The standard InChI is InChI=1S/C18H24N2O4/c1-23-17-10-16(19)13(9-15(17)18(22)24-2)11-20-14-5-3-12(4-6-14)7-8-21/h8-12,14H,3-7,19H2,1-2H3. The first-order valence-corrected chi connectivity index (χ1v) is 8.11. The Morgan fingerprint density at radius 3 is 2.58 bits per heavy atom. The number of esters is 1. The Balaban J connectivity index is 2.12. The molecule has 1 saturated carbocycles. The van der Waals surface area contributed by atoms with Gasteiger partial charge in [-0.25, -0.2) is 4.79 Å². The van der Waals surface area contributed by atoms with Crippen LogP contribution in [0, 0.1) is 5.92 Å². The summed E-state index contributed by atoms with van der Waals surface area (Å²) in [5, 5.41) is 0. The van der Waals surface area contributed by atoms with Gasteiger partial charge in [-0.2, -0.15) is 0 Å². The average molecular weight is 332 g/mol. The lowest BCUT2D eigenvalue weighted by molar-refractivity contribution is -0.108. The summed E-state index contributed by atoms with van der Waals surface area (Å²) in [5.41, 5.74) is 7.52. The summed E-state index contributed by atoms with van der Waals surface area (Å²) in [4.78, 5) is 27.0. The molecule has 0 radical (unpaired) electrons. The van der Waals surface area contributed by atoms with Gasteiger partial charge in [0.05, 0.1) is 14.2 Å². The number of nitrogen functional groups attached to an aromatic ring is 1. The molecule has 0 saturated heterocycles. The molecule has 0 aliphatic heterocycles. The highest BCUT2D eigenvalue weighted by Gasteiger charge is 2.20. The first-order chi connectivity index (χ1) is 11.6. The molecule has 1 aromatic rings. The number of hydrogen-bond acceptors (Lipinski definition) is 6. The van der Waals surface area contributed by atoms with Crippen LogP contribution in [0.15, 0.2) is 17.1 Å². The van der Waals surface area contributed by atoms with E-state index in [0.29, 0.717) is 34.9 Å². The fraction of sp³-hybridized carbons (Fsp3) is 0.500. The van der Waals surface area contributed by atoms with Crippen LogP contribution in [0.3, 0.4) is 0 Å². The van der Waals surface area contributed by atoms with E-state index in [4.69, 9.17) is 15.2 Å². The van der Waals surface area contributed by atoms with Gasteiger partial charge >= 0.3 is 5.97 Å². The van der Waals surface area contributed by atoms with E-state index < -0.39 is 5.97 Å². The highest BCUT2D eigenvalue weighted by atomic mass is 16.5. The number of aldehydes is 1. The van der Waals surface area contributed by atoms with Crippen molar-refractivity contribution in [1.82, 2.24) is 0 Å². The zero-order valence-electron chi connectivity index (χ0n) is 14.2. The molecule has 0 heterocycles. The Kier molecular flexibility index (Phi) is 6.35. The number of hydrogen-bond donors (Lipinski definition) is 1. The van der Waals surface area contributed by atoms with Crippen LogP contribution >= 0.6 is 0 Å². The van der Waals surface area contributed by atoms with Crippen LogP contribution in [0.1, 0.15) is 48.0 Å². The van der Waals surface area contributed by atoms with E-state index in [0.717, 1.165) is 32.0 Å². The second-order valence-corrected chi connectivity index (χ2v) is 6.03. The minimum absolute atomic E-state index is 0.232. The number of anilines is 1. The molecule has 1 aliphatic carbocycles. The Bertz CT molecular complexity index is 620. The molecule has 0 bridgehead atoms. The molecule has 24 heavy (non-hydrogen) atoms. The number of nitrogens with two attached hydrogens (primary N) is 1. The summed E-state index contributed by atoms with van der Waals surface area (Å²) in [6, 6.07) is 3.48. The van der Waals surface area contributed by atoms with Crippen molar-refractivity contribution < 1.29 is 19.1 Å². The predicted molar refractivity (Wildman–Crippen MR) is 92.8 cm³/mol. The van der Waals surface area contributed by atoms with Gasteiger partial charge in [0.1, 0.15) is 17.6 Å². The van der Waals surface area contributed by atoms with Gasteiger partial charge in [-0.15, -0.1) is 0 Å². The second-order valence-electron chi connectivity index (χ2n) is 6.03. The molecule has 0 atom stereocenters. The number of carbonyl (C=O) groups is 2. The average Bonchev–Trinajstić information content (AvgIpc) is 2.61. The number of methoxy groups -OCH3 is 2. The molecular formula is C18H24N2O4. The van der Waals surface area contributed by atoms with E-state index in [1.165, 1.54) is 14.2 Å². The van der Waals surface area contributed by atoms with Gasteiger partial charge in [0, 0.05) is 36.0 Å². The first kappa shape index (κ1) is 18.0. The van der Waals surface area contributed by atoms with Gasteiger partial charge in [-0.05, 0) is 37.7 Å². The van der Waals surface area contributed by atoms with Crippen LogP contribution in [-0.4, -0.2) is 38.7 Å². The molecule has 0 amide bonds. The van der Waals surface area contributed by atoms with Crippen LogP contribution in [0.5, 0.6) is 5.75 Å². The fourth-order valence-electron chi connectivity index (χ4n) is 3.01. The van der Waals surface area contributed by atoms with Crippen molar-refractivity contribution in [3.05, 3.63) is 23.3 Å². The monoisotopic (exact) mass is 332 g/mol. The van der Waals surface area contributed by atoms with Crippen molar-refractivity contribution in [2.75, 3.05) is 20.0 Å². The molecule has 130 valence electrons. The Labute approximate surface area is 142 Å². The summed E-state index contributed by atoms with van der Waals surface area (Å²) >= 11 is 0. The summed E-state index contributed by atoms with van der Waals surface area (Å²) < 4.78 is 9.95. The zero-order chi connectivity index (χ0) is 17.5. The SMILES string of the molecule is COC(=O)c1cc(C=NC2CCC(CC=O)CC2)c(N)cc1OC. The van der Waals surface area contributed by atoms with Crippen LogP contribution < -0.4 is 10.5 Å². The van der Waals surface area contributed by atoms with Gasteiger partial charge in [-0.3, -0.25) is 4.99 Å². The summed E-state index contributed by atoms with van der Waals surface area (Å²) in [7, 11) is 2.80. The number of benzene rings is 1. The van der Waals surface area contributed by atoms with Crippen LogP contribution in [-0.2, 0) is 9.53 Å². The highest BCUT2D eigenvalue weighted by Crippen LogP contribution is 2.29. The third-order valence-corrected chi connectivity index (χ3v) is 4.48. The summed E-state index contributed by atoms with van der Waals surface area (Å²) in [6.07, 6.45) is 7.33. The van der Waals surface area contributed by atoms with Gasteiger partial charge in [0.2, 0.25) is 0 Å². The van der Waals surface area contributed by atoms with Gasteiger partial charge in [-0.1, -0.05) is 0 Å². The molecule has 0 aromatic heterocycles. The Hall–Kier alpha value is -2.37. The molecule has 2 rings (SSSR count). The minimum Gasteiger partial charge on any atom is -0.496 e. The number of ether oxygens (including phenoxy) is 2. The minimum atomic E-state index is -0.476. The largest absolute Gasteiger partial charge is 0.496 e. The van der Waals surface area contributed by atoms with E-state index in [9.17, 15) is 9.59 Å². The summed E-state index contributed by atoms with van der Waals surface area (Å²) in [6.45, 7) is 0. The lowest BCUT2D eigenvalue weighted by Gasteiger charge is -2.24. The smallest absolute Gasteiger partial charge is 0.341 e. The van der Waals surface area contributed by atoms with Crippen LogP contribution in [0.2, 0.25) is 0 Å². The maximum atomic E-state index is 11.8. The molecule has 2 N–H and O–H groups in total. The first-order valence-electron chi connectivity index (χ1n) is 8.11. The van der Waals surface area contributed by atoms with Crippen LogP contribution in [0.4, 0.5) is 5.69 Å². The number of nitrogens with zero attached hydrogens (tertiary/aromatic N) is 1. The molecule has 6 nitrogen and oxygen atoms in total. The Morgan fingerprint density at radius 1 is 1.29 bits per heavy atom. The van der Waals surface area contributed by atoms with Gasteiger partial charge < -0.3 is 20.0 Å². The van der Waals surface area contributed by atoms with E-state index in [1.54, 1.807) is 18.3 Å². The van der Waals surface area contributed by atoms with Gasteiger partial charge in [0.25, 0.3) is 0 Å². The number of rotatable bonds is 6. The normalized spacial score (nSPS) is 20.8. The fourth-order valence-corrected chi connectivity index (χ4v) is 3.01. The van der Waals surface area contributed by atoms with Crippen molar-refractivity contribution in [2.45, 2.75) is 38.1 Å². The zero-order valence-corrected chi connectivity index (χ0v) is 14.2. The molecule has 0 spiro atoms. The molecular weight excluding hydrogens is 308 g/mol. The predicted octanol–water partition coefficient (Wildman–Crippen LogP) is 2.63. The molecule has 6 heteroatoms. The lowest BCUT2D eigenvalue weighted by atomic mass is 9.85. The second kappa shape index (κ2) is 8.47. The van der Waals surface area contributed by atoms with E-state index >= 15 is 0 Å².